The average Bonchev–Trinajstić information content (AvgIpc) is 2.28. The summed E-state index contributed by atoms with van der Waals surface area (Å²) in [5.74, 6) is -0.490. The Balaban J connectivity index is 2.30. The average molecular weight is 239 g/mol. The molecule has 1 amide bonds. The Labute approximate surface area is 101 Å². The molecule has 1 aromatic rings. The number of nitrogens with one attached hydrogen (secondary N) is 1. The van der Waals surface area contributed by atoms with Crippen LogP contribution in [0.4, 0.5) is 4.39 Å². The van der Waals surface area contributed by atoms with Crippen molar-refractivity contribution in [2.75, 3.05) is 6.54 Å². The molecular formula is C13H18FNO2. The number of carbonyl (C=O) groups excluding carboxylic acids is 1. The molecule has 94 valence electrons. The zero-order valence-electron chi connectivity index (χ0n) is 9.95. The van der Waals surface area contributed by atoms with Crippen LogP contribution >= 0.6 is 0 Å². The molecule has 0 aliphatic rings. The Morgan fingerprint density at radius 2 is 2.29 bits per heavy atom. The SMILES string of the molecule is CCC(O)CCNC(=O)Cc1cccc(F)c1. The molecule has 1 unspecified atom stereocenters. The summed E-state index contributed by atoms with van der Waals surface area (Å²) in [4.78, 5) is 11.5. The van der Waals surface area contributed by atoms with Crippen LogP contribution in [0.3, 0.4) is 0 Å². The fourth-order valence-corrected chi connectivity index (χ4v) is 1.48. The van der Waals surface area contributed by atoms with Crippen molar-refractivity contribution >= 4 is 5.91 Å². The first-order chi connectivity index (χ1) is 8.11. The summed E-state index contributed by atoms with van der Waals surface area (Å²) in [6.45, 7) is 2.34. The van der Waals surface area contributed by atoms with Gasteiger partial charge in [-0.05, 0) is 30.5 Å². The summed E-state index contributed by atoms with van der Waals surface area (Å²) in [6, 6.07) is 5.99. The Kier molecular flexibility index (Phi) is 5.63. The minimum Gasteiger partial charge on any atom is -0.393 e. The van der Waals surface area contributed by atoms with Gasteiger partial charge in [0.2, 0.25) is 5.91 Å². The van der Waals surface area contributed by atoms with Crippen LogP contribution in [0.5, 0.6) is 0 Å². The van der Waals surface area contributed by atoms with Gasteiger partial charge >= 0.3 is 0 Å². The van der Waals surface area contributed by atoms with Crippen LogP contribution in [0.1, 0.15) is 25.3 Å². The monoisotopic (exact) mass is 239 g/mol. The molecule has 0 aliphatic carbocycles. The van der Waals surface area contributed by atoms with Crippen molar-refractivity contribution in [1.82, 2.24) is 5.32 Å². The van der Waals surface area contributed by atoms with E-state index in [1.165, 1.54) is 12.1 Å². The molecule has 0 spiro atoms. The number of halogens is 1. The molecule has 17 heavy (non-hydrogen) atoms. The first-order valence-electron chi connectivity index (χ1n) is 5.81. The van der Waals surface area contributed by atoms with Gasteiger partial charge in [-0.1, -0.05) is 19.1 Å². The predicted octanol–water partition coefficient (Wildman–Crippen LogP) is 1.65. The number of carbonyl (C=O) groups is 1. The Morgan fingerprint density at radius 1 is 1.53 bits per heavy atom. The van der Waals surface area contributed by atoms with E-state index in [1.54, 1.807) is 12.1 Å². The predicted molar refractivity (Wildman–Crippen MR) is 64.0 cm³/mol. The molecule has 4 heteroatoms. The molecule has 0 radical (unpaired) electrons. The lowest BCUT2D eigenvalue weighted by molar-refractivity contribution is -0.120. The molecule has 0 saturated heterocycles. The highest BCUT2D eigenvalue weighted by Crippen LogP contribution is 2.04. The van der Waals surface area contributed by atoms with Crippen molar-refractivity contribution in [1.29, 1.82) is 0 Å². The molecule has 0 saturated carbocycles. The van der Waals surface area contributed by atoms with Crippen LogP contribution in [0.25, 0.3) is 0 Å². The van der Waals surface area contributed by atoms with Gasteiger partial charge in [-0.25, -0.2) is 4.39 Å². The first-order valence-corrected chi connectivity index (χ1v) is 5.81. The van der Waals surface area contributed by atoms with E-state index in [1.807, 2.05) is 6.92 Å². The number of benzene rings is 1. The van der Waals surface area contributed by atoms with E-state index >= 15 is 0 Å². The van der Waals surface area contributed by atoms with Crippen LogP contribution in [-0.4, -0.2) is 23.7 Å². The highest BCUT2D eigenvalue weighted by Gasteiger charge is 2.05. The maximum Gasteiger partial charge on any atom is 0.224 e. The second-order valence-electron chi connectivity index (χ2n) is 4.01. The van der Waals surface area contributed by atoms with Gasteiger partial charge < -0.3 is 10.4 Å². The molecule has 3 nitrogen and oxygen atoms in total. The first kappa shape index (κ1) is 13.6. The summed E-state index contributed by atoms with van der Waals surface area (Å²) < 4.78 is 12.9. The van der Waals surface area contributed by atoms with E-state index in [0.29, 0.717) is 24.9 Å². The molecule has 0 heterocycles. The summed E-state index contributed by atoms with van der Waals surface area (Å²) >= 11 is 0. The van der Waals surface area contributed by atoms with E-state index in [0.717, 1.165) is 0 Å². The molecule has 2 N–H and O–H groups in total. The van der Waals surface area contributed by atoms with Gasteiger partial charge in [0.1, 0.15) is 5.82 Å². The van der Waals surface area contributed by atoms with Gasteiger partial charge in [-0.3, -0.25) is 4.79 Å². The van der Waals surface area contributed by atoms with E-state index < -0.39 is 0 Å². The van der Waals surface area contributed by atoms with Gasteiger partial charge in [0.05, 0.1) is 12.5 Å². The van der Waals surface area contributed by atoms with Crippen LogP contribution in [0.2, 0.25) is 0 Å². The van der Waals surface area contributed by atoms with Crippen molar-refractivity contribution in [3.8, 4) is 0 Å². The number of hydrogen-bond donors (Lipinski definition) is 2. The van der Waals surface area contributed by atoms with Gasteiger partial charge in [0.25, 0.3) is 0 Å². The molecule has 0 aromatic heterocycles. The molecule has 0 bridgehead atoms. The third-order valence-corrected chi connectivity index (χ3v) is 2.52. The van der Waals surface area contributed by atoms with Crippen molar-refractivity contribution in [3.05, 3.63) is 35.6 Å². The van der Waals surface area contributed by atoms with Gasteiger partial charge in [-0.2, -0.15) is 0 Å². The Hall–Kier alpha value is -1.42. The highest BCUT2D eigenvalue weighted by molar-refractivity contribution is 5.78. The van der Waals surface area contributed by atoms with E-state index in [9.17, 15) is 14.3 Å². The number of hydrogen-bond acceptors (Lipinski definition) is 2. The summed E-state index contributed by atoms with van der Waals surface area (Å²) in [5.41, 5.74) is 0.651. The van der Waals surface area contributed by atoms with Gasteiger partial charge in [0, 0.05) is 6.54 Å². The van der Waals surface area contributed by atoms with Crippen LogP contribution in [0.15, 0.2) is 24.3 Å². The Bertz CT molecular complexity index is 368. The molecular weight excluding hydrogens is 221 g/mol. The molecule has 0 aliphatic heterocycles. The number of amides is 1. The maximum atomic E-state index is 12.9. The summed E-state index contributed by atoms with van der Waals surface area (Å²) in [5, 5.41) is 12.0. The molecule has 1 rings (SSSR count). The number of rotatable bonds is 6. The number of aliphatic hydroxyl groups is 1. The van der Waals surface area contributed by atoms with Crippen LogP contribution in [-0.2, 0) is 11.2 Å². The summed E-state index contributed by atoms with van der Waals surface area (Å²) in [6.07, 6.45) is 1.02. The minimum atomic E-state index is -0.371. The van der Waals surface area contributed by atoms with Crippen LogP contribution < -0.4 is 5.32 Å². The lowest BCUT2D eigenvalue weighted by Gasteiger charge is -2.08. The van der Waals surface area contributed by atoms with Gasteiger partial charge in [-0.15, -0.1) is 0 Å². The van der Waals surface area contributed by atoms with Crippen LogP contribution in [0, 0.1) is 5.82 Å². The zero-order chi connectivity index (χ0) is 12.7. The van der Waals surface area contributed by atoms with E-state index in [-0.39, 0.29) is 24.2 Å². The normalized spacial score (nSPS) is 12.2. The quantitative estimate of drug-likeness (QED) is 0.793. The second kappa shape index (κ2) is 7.01. The van der Waals surface area contributed by atoms with Crippen molar-refractivity contribution in [2.24, 2.45) is 0 Å². The smallest absolute Gasteiger partial charge is 0.224 e. The fraction of sp³-hybridized carbons (Fsp3) is 0.462. The molecule has 1 atom stereocenters. The van der Waals surface area contributed by atoms with E-state index in [4.69, 9.17) is 0 Å². The number of aliphatic hydroxyl groups excluding tert-OH is 1. The molecule has 0 fully saturated rings. The maximum absolute atomic E-state index is 12.9. The highest BCUT2D eigenvalue weighted by atomic mass is 19.1. The lowest BCUT2D eigenvalue weighted by atomic mass is 10.1. The topological polar surface area (TPSA) is 49.3 Å². The van der Waals surface area contributed by atoms with Crippen molar-refractivity contribution in [3.63, 3.8) is 0 Å². The van der Waals surface area contributed by atoms with Crippen molar-refractivity contribution < 1.29 is 14.3 Å². The van der Waals surface area contributed by atoms with Crippen molar-refractivity contribution in [2.45, 2.75) is 32.3 Å². The fourth-order valence-electron chi connectivity index (χ4n) is 1.48. The largest absolute Gasteiger partial charge is 0.393 e. The standard InChI is InChI=1S/C13H18FNO2/c1-2-12(16)6-7-15-13(17)9-10-4-3-5-11(14)8-10/h3-5,8,12,16H,2,6-7,9H2,1H3,(H,15,17). The zero-order valence-corrected chi connectivity index (χ0v) is 9.95. The Morgan fingerprint density at radius 3 is 2.94 bits per heavy atom. The third-order valence-electron chi connectivity index (χ3n) is 2.52. The van der Waals surface area contributed by atoms with Gasteiger partial charge in [0.15, 0.2) is 0 Å². The third kappa shape index (κ3) is 5.45. The lowest BCUT2D eigenvalue weighted by Crippen LogP contribution is -2.28. The second-order valence-corrected chi connectivity index (χ2v) is 4.01. The summed E-state index contributed by atoms with van der Waals surface area (Å²) in [7, 11) is 0. The molecule has 1 aromatic carbocycles. The van der Waals surface area contributed by atoms with E-state index in [2.05, 4.69) is 5.32 Å². The minimum absolute atomic E-state index is 0.154.